The highest BCUT2D eigenvalue weighted by molar-refractivity contribution is 7.88. The van der Waals surface area contributed by atoms with E-state index in [1.54, 1.807) is 4.90 Å². The van der Waals surface area contributed by atoms with Gasteiger partial charge in [-0.1, -0.05) is 54.3 Å². The van der Waals surface area contributed by atoms with E-state index >= 15 is 0 Å². The van der Waals surface area contributed by atoms with Gasteiger partial charge in [0.15, 0.2) is 0 Å². The van der Waals surface area contributed by atoms with Gasteiger partial charge in [0.1, 0.15) is 5.60 Å². The molecular weight excluding hydrogens is 540 g/mol. The summed E-state index contributed by atoms with van der Waals surface area (Å²) in [4.78, 5) is 26.1. The fourth-order valence-electron chi connectivity index (χ4n) is 4.96. The van der Waals surface area contributed by atoms with E-state index in [1.807, 2.05) is 63.2 Å². The molecule has 2 unspecified atom stereocenters. The molecule has 2 aromatic rings. The van der Waals surface area contributed by atoms with E-state index in [0.717, 1.165) is 41.4 Å². The maximum Gasteiger partial charge on any atom is 0.410 e. The van der Waals surface area contributed by atoms with Gasteiger partial charge in [0, 0.05) is 31.0 Å². The Morgan fingerprint density at radius 3 is 2.56 bits per heavy atom. The van der Waals surface area contributed by atoms with Crippen LogP contribution in [0.1, 0.15) is 70.4 Å². The Bertz CT molecular complexity index is 1370. The second kappa shape index (κ2) is 14.5. The molecule has 2 aromatic carbocycles. The zero-order chi connectivity index (χ0) is 30.0. The number of amides is 1. The molecule has 1 fully saturated rings. The number of ether oxygens (including phenoxy) is 2. The van der Waals surface area contributed by atoms with Crippen molar-refractivity contribution in [1.82, 2.24) is 9.62 Å². The summed E-state index contributed by atoms with van der Waals surface area (Å²) in [6.45, 7) is 5.96. The van der Waals surface area contributed by atoms with Crippen LogP contribution >= 0.6 is 0 Å². The molecule has 1 saturated heterocycles. The SMILES string of the molecule is COC(=O)CCCCC#Cc1ccccc1-c1cccc(CC2C(NS(C)(=O)=O)CCCN2C(=O)OC(C)(C)C)c1. The van der Waals surface area contributed by atoms with E-state index < -0.39 is 33.8 Å². The molecule has 0 bridgehead atoms. The Balaban J connectivity index is 1.83. The Labute approximate surface area is 244 Å². The number of likely N-dealkylation sites (tertiary alicyclic amines) is 1. The first-order valence-corrected chi connectivity index (χ1v) is 16.0. The highest BCUT2D eigenvalue weighted by Gasteiger charge is 2.37. The second-order valence-electron chi connectivity index (χ2n) is 11.4. The van der Waals surface area contributed by atoms with Crippen molar-refractivity contribution in [1.29, 1.82) is 0 Å². The number of nitrogens with zero attached hydrogens (tertiary/aromatic N) is 1. The van der Waals surface area contributed by atoms with Gasteiger partial charge in [-0.15, -0.1) is 0 Å². The predicted molar refractivity (Wildman–Crippen MR) is 161 cm³/mol. The minimum absolute atomic E-state index is 0.205. The van der Waals surface area contributed by atoms with E-state index in [1.165, 1.54) is 7.11 Å². The van der Waals surface area contributed by atoms with Crippen LogP contribution in [0, 0.1) is 11.8 Å². The van der Waals surface area contributed by atoms with Crippen molar-refractivity contribution in [3.63, 3.8) is 0 Å². The molecule has 3 rings (SSSR count). The number of piperidine rings is 1. The summed E-state index contributed by atoms with van der Waals surface area (Å²) < 4.78 is 37.5. The number of unbranched alkanes of at least 4 members (excludes halogenated alkanes) is 2. The van der Waals surface area contributed by atoms with Gasteiger partial charge in [0.2, 0.25) is 10.0 Å². The molecule has 1 N–H and O–H groups in total. The zero-order valence-corrected chi connectivity index (χ0v) is 25.6. The summed E-state index contributed by atoms with van der Waals surface area (Å²) in [5.41, 5.74) is 3.21. The average molecular weight is 583 g/mol. The van der Waals surface area contributed by atoms with Crippen molar-refractivity contribution >= 4 is 22.1 Å². The Morgan fingerprint density at radius 2 is 1.85 bits per heavy atom. The normalized spacial score (nSPS) is 17.3. The molecular formula is C32H42N2O6S. The quantitative estimate of drug-likeness (QED) is 0.245. The van der Waals surface area contributed by atoms with Gasteiger partial charge in [-0.3, -0.25) is 4.79 Å². The van der Waals surface area contributed by atoms with Crippen LogP contribution < -0.4 is 4.72 Å². The minimum Gasteiger partial charge on any atom is -0.469 e. The summed E-state index contributed by atoms with van der Waals surface area (Å²) in [7, 11) is -2.08. The highest BCUT2D eigenvalue weighted by Crippen LogP contribution is 2.28. The third-order valence-corrected chi connectivity index (χ3v) is 7.50. The molecule has 0 aliphatic carbocycles. The highest BCUT2D eigenvalue weighted by atomic mass is 32.2. The van der Waals surface area contributed by atoms with Crippen molar-refractivity contribution in [2.45, 2.75) is 83.4 Å². The number of hydrogen-bond acceptors (Lipinski definition) is 6. The van der Waals surface area contributed by atoms with Crippen LogP contribution in [0.25, 0.3) is 11.1 Å². The van der Waals surface area contributed by atoms with Gasteiger partial charge >= 0.3 is 12.1 Å². The Kier molecular flexibility index (Phi) is 11.4. The molecule has 222 valence electrons. The number of benzene rings is 2. The number of methoxy groups -OCH3 is 1. The van der Waals surface area contributed by atoms with Crippen molar-refractivity contribution in [2.24, 2.45) is 0 Å². The van der Waals surface area contributed by atoms with Crippen molar-refractivity contribution in [3.8, 4) is 23.0 Å². The topological polar surface area (TPSA) is 102 Å². The first-order valence-electron chi connectivity index (χ1n) is 14.1. The van der Waals surface area contributed by atoms with Crippen LogP contribution in [0.5, 0.6) is 0 Å². The van der Waals surface area contributed by atoms with Gasteiger partial charge in [-0.05, 0) is 75.6 Å². The number of sulfonamides is 1. The van der Waals surface area contributed by atoms with Gasteiger partial charge in [-0.25, -0.2) is 17.9 Å². The fourth-order valence-corrected chi connectivity index (χ4v) is 5.79. The predicted octanol–water partition coefficient (Wildman–Crippen LogP) is 5.30. The van der Waals surface area contributed by atoms with Crippen LogP contribution in [-0.2, 0) is 30.7 Å². The van der Waals surface area contributed by atoms with Crippen molar-refractivity contribution in [3.05, 3.63) is 59.7 Å². The second-order valence-corrected chi connectivity index (χ2v) is 13.2. The van der Waals surface area contributed by atoms with E-state index in [-0.39, 0.29) is 5.97 Å². The minimum atomic E-state index is -3.48. The monoisotopic (exact) mass is 582 g/mol. The summed E-state index contributed by atoms with van der Waals surface area (Å²) in [6, 6.07) is 15.2. The Hall–Kier alpha value is -3.35. The van der Waals surface area contributed by atoms with E-state index in [0.29, 0.717) is 38.6 Å². The molecule has 2 atom stereocenters. The average Bonchev–Trinajstić information content (AvgIpc) is 2.90. The van der Waals surface area contributed by atoms with Gasteiger partial charge in [0.25, 0.3) is 0 Å². The molecule has 1 amide bonds. The first-order chi connectivity index (χ1) is 19.4. The lowest BCUT2D eigenvalue weighted by atomic mass is 9.90. The van der Waals surface area contributed by atoms with E-state index in [9.17, 15) is 18.0 Å². The third-order valence-electron chi connectivity index (χ3n) is 6.77. The standard InChI is InChI=1S/C32H42N2O6S/c1-32(2,3)40-31(36)34-21-13-19-28(33-41(5,37)38)29(34)23-24-14-12-17-26(22-24)27-18-11-10-16-25(27)15-8-6-7-9-20-30(35)39-4/h10-12,14,16-18,22,28-29,33H,6-7,9,13,19-21,23H2,1-5H3. The molecule has 8 nitrogen and oxygen atoms in total. The lowest BCUT2D eigenvalue weighted by Gasteiger charge is -2.41. The maximum atomic E-state index is 13.2. The first kappa shape index (κ1) is 32.2. The van der Waals surface area contributed by atoms with E-state index in [2.05, 4.69) is 27.4 Å². The maximum absolute atomic E-state index is 13.2. The van der Waals surface area contributed by atoms with Gasteiger partial charge < -0.3 is 14.4 Å². The number of nitrogens with one attached hydrogen (secondary N) is 1. The van der Waals surface area contributed by atoms with Crippen LogP contribution in [0.4, 0.5) is 4.79 Å². The van der Waals surface area contributed by atoms with Crippen LogP contribution in [-0.4, -0.2) is 63.0 Å². The van der Waals surface area contributed by atoms with Crippen LogP contribution in [0.15, 0.2) is 48.5 Å². The molecule has 0 radical (unpaired) electrons. The van der Waals surface area contributed by atoms with Crippen molar-refractivity contribution < 1.29 is 27.5 Å². The number of rotatable bonds is 9. The summed E-state index contributed by atoms with van der Waals surface area (Å²) in [5, 5.41) is 0. The summed E-state index contributed by atoms with van der Waals surface area (Å²) in [5.74, 6) is 6.30. The molecule has 41 heavy (non-hydrogen) atoms. The number of esters is 1. The van der Waals surface area contributed by atoms with Crippen LogP contribution in [0.3, 0.4) is 0 Å². The third kappa shape index (κ3) is 10.5. The molecule has 1 heterocycles. The zero-order valence-electron chi connectivity index (χ0n) is 24.7. The molecule has 0 aromatic heterocycles. The summed E-state index contributed by atoms with van der Waals surface area (Å²) >= 11 is 0. The molecule has 1 aliphatic heterocycles. The number of hydrogen-bond donors (Lipinski definition) is 1. The molecule has 0 spiro atoms. The molecule has 0 saturated carbocycles. The largest absolute Gasteiger partial charge is 0.469 e. The molecule has 9 heteroatoms. The summed E-state index contributed by atoms with van der Waals surface area (Å²) in [6.07, 6.45) is 5.12. The van der Waals surface area contributed by atoms with Gasteiger partial charge in [-0.2, -0.15) is 0 Å². The number of carbonyl (C=O) groups is 2. The fraction of sp³-hybridized carbons (Fsp3) is 0.500. The lowest BCUT2D eigenvalue weighted by molar-refractivity contribution is -0.140. The van der Waals surface area contributed by atoms with Crippen molar-refractivity contribution in [2.75, 3.05) is 19.9 Å². The smallest absolute Gasteiger partial charge is 0.410 e. The van der Waals surface area contributed by atoms with Crippen LogP contribution in [0.2, 0.25) is 0 Å². The van der Waals surface area contributed by atoms with Gasteiger partial charge in [0.05, 0.1) is 19.4 Å². The lowest BCUT2D eigenvalue weighted by Crippen LogP contribution is -2.58. The van der Waals surface area contributed by atoms with E-state index in [4.69, 9.17) is 4.74 Å². The number of carbonyl (C=O) groups excluding carboxylic acids is 2. The molecule has 1 aliphatic rings. The Morgan fingerprint density at radius 1 is 1.10 bits per heavy atom.